The van der Waals surface area contributed by atoms with Crippen LogP contribution in [0.25, 0.3) is 0 Å². The molecule has 0 amide bonds. The van der Waals surface area contributed by atoms with Crippen molar-refractivity contribution < 1.29 is 13.2 Å². The molecular weight excluding hydrogens is 216 g/mol. The van der Waals surface area contributed by atoms with Gasteiger partial charge >= 0.3 is 0 Å². The molecule has 0 aliphatic carbocycles. The van der Waals surface area contributed by atoms with Gasteiger partial charge in [-0.25, -0.2) is 12.7 Å². The molecule has 0 bridgehead atoms. The van der Waals surface area contributed by atoms with E-state index in [0.717, 1.165) is 12.8 Å². The fourth-order valence-corrected chi connectivity index (χ4v) is 2.56. The smallest absolute Gasteiger partial charge is 0.230 e. The second-order valence-corrected chi connectivity index (χ2v) is 6.09. The first-order valence-corrected chi connectivity index (χ1v) is 6.45. The quantitative estimate of drug-likeness (QED) is 0.700. The van der Waals surface area contributed by atoms with Crippen LogP contribution in [0.2, 0.25) is 0 Å². The number of hydrogen-bond donors (Lipinski definition) is 0. The van der Waals surface area contributed by atoms with Crippen LogP contribution in [-0.2, 0) is 14.8 Å². The standard InChI is InChI=1S/C9H16N2O3S/c1-8(6-10)15(12,13)11(2)7-9-4-3-5-14-9/h8-9H,3-5,7H2,1-2H3. The first-order valence-electron chi connectivity index (χ1n) is 4.95. The van der Waals surface area contributed by atoms with Crippen molar-refractivity contribution >= 4 is 10.0 Å². The van der Waals surface area contributed by atoms with Crippen LogP contribution in [0.3, 0.4) is 0 Å². The molecule has 6 heteroatoms. The summed E-state index contributed by atoms with van der Waals surface area (Å²) in [4.78, 5) is 0. The molecule has 1 saturated heterocycles. The summed E-state index contributed by atoms with van der Waals surface area (Å²) in [7, 11) is -1.99. The molecule has 0 radical (unpaired) electrons. The molecule has 1 aliphatic heterocycles. The Labute approximate surface area is 90.7 Å². The average Bonchev–Trinajstić information content (AvgIpc) is 2.68. The van der Waals surface area contributed by atoms with E-state index in [-0.39, 0.29) is 6.10 Å². The van der Waals surface area contributed by atoms with Gasteiger partial charge in [0.2, 0.25) is 10.0 Å². The van der Waals surface area contributed by atoms with Gasteiger partial charge in [-0.15, -0.1) is 0 Å². The molecule has 0 aromatic rings. The lowest BCUT2D eigenvalue weighted by atomic mass is 10.2. The lowest BCUT2D eigenvalue weighted by Crippen LogP contribution is -2.38. The van der Waals surface area contributed by atoms with E-state index in [1.807, 2.05) is 0 Å². The molecule has 15 heavy (non-hydrogen) atoms. The molecule has 0 spiro atoms. The molecule has 0 aromatic heterocycles. The van der Waals surface area contributed by atoms with Crippen LogP contribution in [0.1, 0.15) is 19.8 Å². The highest BCUT2D eigenvalue weighted by molar-refractivity contribution is 7.89. The van der Waals surface area contributed by atoms with Gasteiger partial charge < -0.3 is 4.74 Å². The number of likely N-dealkylation sites (N-methyl/N-ethyl adjacent to an activating group) is 1. The summed E-state index contributed by atoms with van der Waals surface area (Å²) in [6, 6.07) is 1.74. The Morgan fingerprint density at radius 1 is 1.67 bits per heavy atom. The van der Waals surface area contributed by atoms with Crippen LogP contribution in [0.5, 0.6) is 0 Å². The number of nitriles is 1. The van der Waals surface area contributed by atoms with Gasteiger partial charge in [0.15, 0.2) is 5.25 Å². The average molecular weight is 232 g/mol. The zero-order valence-corrected chi connectivity index (χ0v) is 9.83. The molecule has 2 unspecified atom stereocenters. The molecule has 0 aromatic carbocycles. The van der Waals surface area contributed by atoms with Crippen LogP contribution >= 0.6 is 0 Å². The van der Waals surface area contributed by atoms with E-state index >= 15 is 0 Å². The number of rotatable bonds is 4. The molecule has 0 saturated carbocycles. The number of sulfonamides is 1. The number of hydrogen-bond acceptors (Lipinski definition) is 4. The van der Waals surface area contributed by atoms with E-state index < -0.39 is 15.3 Å². The fourth-order valence-electron chi connectivity index (χ4n) is 1.52. The van der Waals surface area contributed by atoms with E-state index in [1.165, 1.54) is 18.3 Å². The molecule has 5 nitrogen and oxygen atoms in total. The normalized spacial score (nSPS) is 24.0. The Hall–Kier alpha value is -0.640. The Bertz CT molecular complexity index is 341. The molecule has 1 fully saturated rings. The van der Waals surface area contributed by atoms with Gasteiger partial charge in [-0.2, -0.15) is 5.26 Å². The van der Waals surface area contributed by atoms with Gasteiger partial charge in [-0.05, 0) is 19.8 Å². The van der Waals surface area contributed by atoms with Crippen molar-refractivity contribution in [2.75, 3.05) is 20.2 Å². The Morgan fingerprint density at radius 2 is 2.33 bits per heavy atom. The van der Waals surface area contributed by atoms with Crippen LogP contribution < -0.4 is 0 Å². The third-order valence-corrected chi connectivity index (χ3v) is 4.56. The maximum absolute atomic E-state index is 11.7. The Kier molecular flexibility index (Phi) is 4.08. The van der Waals surface area contributed by atoms with Crippen molar-refractivity contribution in [1.29, 1.82) is 5.26 Å². The SMILES string of the molecule is CC(C#N)S(=O)(=O)N(C)CC1CCCO1. The highest BCUT2D eigenvalue weighted by atomic mass is 32.2. The summed E-state index contributed by atoms with van der Waals surface area (Å²) in [5.41, 5.74) is 0. The summed E-state index contributed by atoms with van der Waals surface area (Å²) in [6.45, 7) is 2.43. The molecule has 1 rings (SSSR count). The van der Waals surface area contributed by atoms with Gasteiger partial charge in [0.25, 0.3) is 0 Å². The minimum atomic E-state index is -3.48. The fraction of sp³-hybridized carbons (Fsp3) is 0.889. The lowest BCUT2D eigenvalue weighted by molar-refractivity contribution is 0.0978. The van der Waals surface area contributed by atoms with Gasteiger partial charge in [0, 0.05) is 20.2 Å². The first kappa shape index (κ1) is 12.4. The summed E-state index contributed by atoms with van der Waals surface area (Å²) in [5, 5.41) is 7.60. The summed E-state index contributed by atoms with van der Waals surface area (Å²) < 4.78 is 30.0. The highest BCUT2D eigenvalue weighted by Gasteiger charge is 2.28. The third kappa shape index (κ3) is 2.91. The predicted octanol–water partition coefficient (Wildman–Crippen LogP) is 0.339. The largest absolute Gasteiger partial charge is 0.377 e. The summed E-state index contributed by atoms with van der Waals surface area (Å²) >= 11 is 0. The van der Waals surface area contributed by atoms with Crippen LogP contribution in [-0.4, -0.2) is 44.3 Å². The second kappa shape index (κ2) is 4.92. The van der Waals surface area contributed by atoms with Gasteiger partial charge in [-0.1, -0.05) is 0 Å². The van der Waals surface area contributed by atoms with E-state index in [1.54, 1.807) is 6.07 Å². The maximum atomic E-state index is 11.7. The van der Waals surface area contributed by atoms with Gasteiger partial charge in [0.05, 0.1) is 12.2 Å². The van der Waals surface area contributed by atoms with Crippen molar-refractivity contribution in [3.05, 3.63) is 0 Å². The van der Waals surface area contributed by atoms with Crippen molar-refractivity contribution in [2.24, 2.45) is 0 Å². The van der Waals surface area contributed by atoms with Crippen LogP contribution in [0, 0.1) is 11.3 Å². The maximum Gasteiger partial charge on any atom is 0.230 e. The van der Waals surface area contributed by atoms with Crippen LogP contribution in [0.15, 0.2) is 0 Å². The minimum Gasteiger partial charge on any atom is -0.377 e. The summed E-state index contributed by atoms with van der Waals surface area (Å²) in [6.07, 6.45) is 1.85. The molecule has 2 atom stereocenters. The van der Waals surface area contributed by atoms with E-state index in [0.29, 0.717) is 13.2 Å². The topological polar surface area (TPSA) is 70.4 Å². The number of ether oxygens (including phenoxy) is 1. The zero-order chi connectivity index (χ0) is 11.5. The van der Waals surface area contributed by atoms with Crippen molar-refractivity contribution in [2.45, 2.75) is 31.1 Å². The van der Waals surface area contributed by atoms with Crippen molar-refractivity contribution in [3.63, 3.8) is 0 Å². The van der Waals surface area contributed by atoms with Gasteiger partial charge in [0.1, 0.15) is 0 Å². The number of nitrogens with zero attached hydrogens (tertiary/aromatic N) is 2. The van der Waals surface area contributed by atoms with Crippen molar-refractivity contribution in [3.8, 4) is 6.07 Å². The lowest BCUT2D eigenvalue weighted by Gasteiger charge is -2.21. The van der Waals surface area contributed by atoms with E-state index in [4.69, 9.17) is 10.00 Å². The zero-order valence-electron chi connectivity index (χ0n) is 9.01. The van der Waals surface area contributed by atoms with Gasteiger partial charge in [-0.3, -0.25) is 0 Å². The van der Waals surface area contributed by atoms with Crippen LogP contribution in [0.4, 0.5) is 0 Å². The van der Waals surface area contributed by atoms with E-state index in [2.05, 4.69) is 0 Å². The van der Waals surface area contributed by atoms with Crippen molar-refractivity contribution in [1.82, 2.24) is 4.31 Å². The molecule has 1 aliphatic rings. The Morgan fingerprint density at radius 3 is 2.80 bits per heavy atom. The molecule has 86 valence electrons. The third-order valence-electron chi connectivity index (χ3n) is 2.55. The highest BCUT2D eigenvalue weighted by Crippen LogP contribution is 2.15. The Balaban J connectivity index is 2.59. The summed E-state index contributed by atoms with van der Waals surface area (Å²) in [5.74, 6) is 0. The molecular formula is C9H16N2O3S. The first-order chi connectivity index (χ1) is 6.98. The predicted molar refractivity (Wildman–Crippen MR) is 55.6 cm³/mol. The van der Waals surface area contributed by atoms with E-state index in [9.17, 15) is 8.42 Å². The molecule has 1 heterocycles. The second-order valence-electron chi connectivity index (χ2n) is 3.73. The monoisotopic (exact) mass is 232 g/mol. The minimum absolute atomic E-state index is 0.0179. The molecule has 0 N–H and O–H groups in total.